The van der Waals surface area contributed by atoms with Crippen LogP contribution in [0.25, 0.3) is 5.78 Å². The lowest BCUT2D eigenvalue weighted by atomic mass is 10.6. The zero-order valence-electron chi connectivity index (χ0n) is 7.70. The monoisotopic (exact) mass is 208 g/mol. The Balaban J connectivity index is 2.11. The summed E-state index contributed by atoms with van der Waals surface area (Å²) in [6.07, 6.45) is 3.34. The molecule has 15 heavy (non-hydrogen) atoms. The lowest BCUT2D eigenvalue weighted by molar-refractivity contribution is -0.142. The Morgan fingerprint density at radius 2 is 2.40 bits per heavy atom. The summed E-state index contributed by atoms with van der Waals surface area (Å²) in [4.78, 5) is 14.2. The van der Waals surface area contributed by atoms with Crippen LogP contribution in [-0.4, -0.2) is 37.3 Å². The molecule has 1 N–H and O–H groups in total. The molecule has 2 heterocycles. The van der Waals surface area contributed by atoms with Gasteiger partial charge in [0.2, 0.25) is 0 Å². The van der Waals surface area contributed by atoms with E-state index >= 15 is 0 Å². The number of carboxylic acid groups (broad SMARTS) is 1. The average Bonchev–Trinajstić information content (AvgIpc) is 2.62. The number of carboxylic acids is 1. The van der Waals surface area contributed by atoms with Gasteiger partial charge < -0.3 is 9.84 Å². The topological polar surface area (TPSA) is 89.6 Å². The quantitative estimate of drug-likeness (QED) is 0.743. The second-order valence-electron chi connectivity index (χ2n) is 2.79. The minimum atomic E-state index is -1.01. The molecule has 0 amide bonds. The van der Waals surface area contributed by atoms with Gasteiger partial charge in [-0.1, -0.05) is 0 Å². The molecule has 0 aliphatic rings. The third-order valence-electron chi connectivity index (χ3n) is 1.72. The Morgan fingerprint density at radius 3 is 3.20 bits per heavy atom. The van der Waals surface area contributed by atoms with E-state index < -0.39 is 5.97 Å². The number of aromatic nitrogens is 4. The second-order valence-corrected chi connectivity index (χ2v) is 2.79. The van der Waals surface area contributed by atoms with E-state index in [0.717, 1.165) is 0 Å². The third kappa shape index (κ3) is 2.08. The molecule has 0 unspecified atom stereocenters. The highest BCUT2D eigenvalue weighted by Crippen LogP contribution is 2.00. The Labute approximate surface area is 84.3 Å². The molecule has 0 aliphatic carbocycles. The number of carbonyl (C=O) groups is 1. The lowest BCUT2D eigenvalue weighted by Gasteiger charge is -1.98. The zero-order valence-corrected chi connectivity index (χ0v) is 7.70. The molecule has 2 aromatic heterocycles. The first-order chi connectivity index (χ1) is 7.27. The number of rotatable bonds is 4. The van der Waals surface area contributed by atoms with Gasteiger partial charge in [-0.15, -0.1) is 10.2 Å². The van der Waals surface area contributed by atoms with Crippen molar-refractivity contribution < 1.29 is 14.6 Å². The number of aliphatic carboxylic acids is 1. The van der Waals surface area contributed by atoms with E-state index in [2.05, 4.69) is 15.2 Å². The predicted octanol–water partition coefficient (Wildman–Crippen LogP) is -0.275. The third-order valence-corrected chi connectivity index (χ3v) is 1.72. The largest absolute Gasteiger partial charge is 0.480 e. The van der Waals surface area contributed by atoms with Crippen LogP contribution in [0.5, 0.6) is 0 Å². The lowest BCUT2D eigenvalue weighted by Crippen LogP contribution is -2.08. The molecule has 0 aliphatic heterocycles. The summed E-state index contributed by atoms with van der Waals surface area (Å²) in [7, 11) is 0. The van der Waals surface area contributed by atoms with Crippen molar-refractivity contribution in [2.45, 2.75) is 6.61 Å². The van der Waals surface area contributed by atoms with Crippen LogP contribution in [0.15, 0.2) is 18.5 Å². The summed E-state index contributed by atoms with van der Waals surface area (Å²) in [6, 6.07) is 1.73. The summed E-state index contributed by atoms with van der Waals surface area (Å²) in [5.41, 5.74) is 0. The molecule has 0 bridgehead atoms. The van der Waals surface area contributed by atoms with Crippen LogP contribution in [0.3, 0.4) is 0 Å². The minimum absolute atomic E-state index is 0.0964. The average molecular weight is 208 g/mol. The number of hydrogen-bond acceptors (Lipinski definition) is 5. The number of fused-ring (bicyclic) bond motifs is 1. The highest BCUT2D eigenvalue weighted by atomic mass is 16.5. The van der Waals surface area contributed by atoms with Gasteiger partial charge in [-0.25, -0.2) is 9.78 Å². The van der Waals surface area contributed by atoms with Crippen LogP contribution < -0.4 is 0 Å². The summed E-state index contributed by atoms with van der Waals surface area (Å²) < 4.78 is 6.54. The van der Waals surface area contributed by atoms with Crippen LogP contribution >= 0.6 is 0 Å². The van der Waals surface area contributed by atoms with Crippen molar-refractivity contribution in [3.8, 4) is 0 Å². The van der Waals surface area contributed by atoms with Crippen LogP contribution in [-0.2, 0) is 16.1 Å². The van der Waals surface area contributed by atoms with Crippen molar-refractivity contribution in [1.82, 2.24) is 19.6 Å². The predicted molar refractivity (Wildman–Crippen MR) is 48.1 cm³/mol. The van der Waals surface area contributed by atoms with Crippen molar-refractivity contribution >= 4 is 11.7 Å². The fourth-order valence-corrected chi connectivity index (χ4v) is 1.12. The van der Waals surface area contributed by atoms with E-state index in [1.807, 2.05) is 0 Å². The molecular formula is C8H8N4O3. The van der Waals surface area contributed by atoms with Gasteiger partial charge in [-0.05, 0) is 6.07 Å². The van der Waals surface area contributed by atoms with Crippen LogP contribution in [0.1, 0.15) is 5.82 Å². The fourth-order valence-electron chi connectivity index (χ4n) is 1.12. The van der Waals surface area contributed by atoms with Crippen LogP contribution in [0.4, 0.5) is 0 Å². The minimum Gasteiger partial charge on any atom is -0.480 e. The molecule has 0 fully saturated rings. The van der Waals surface area contributed by atoms with Crippen molar-refractivity contribution in [3.63, 3.8) is 0 Å². The van der Waals surface area contributed by atoms with E-state index in [4.69, 9.17) is 9.84 Å². The van der Waals surface area contributed by atoms with Crippen molar-refractivity contribution in [1.29, 1.82) is 0 Å². The van der Waals surface area contributed by atoms with Gasteiger partial charge in [-0.3, -0.25) is 4.40 Å². The van der Waals surface area contributed by atoms with E-state index in [0.29, 0.717) is 11.6 Å². The van der Waals surface area contributed by atoms with Crippen LogP contribution in [0.2, 0.25) is 0 Å². The van der Waals surface area contributed by atoms with E-state index in [9.17, 15) is 4.79 Å². The molecule has 0 aromatic carbocycles. The van der Waals surface area contributed by atoms with E-state index in [1.54, 1.807) is 22.9 Å². The SMILES string of the molecule is O=C(O)COCc1nnc2ncccn12. The first-order valence-electron chi connectivity index (χ1n) is 4.21. The molecule has 0 saturated heterocycles. The number of nitrogens with zero attached hydrogens (tertiary/aromatic N) is 4. The molecule has 7 nitrogen and oxygen atoms in total. The highest BCUT2D eigenvalue weighted by molar-refractivity contribution is 5.67. The maximum Gasteiger partial charge on any atom is 0.329 e. The molecule has 2 aromatic rings. The molecule has 2 rings (SSSR count). The molecule has 7 heteroatoms. The maximum atomic E-state index is 10.2. The van der Waals surface area contributed by atoms with E-state index in [-0.39, 0.29) is 13.2 Å². The smallest absolute Gasteiger partial charge is 0.329 e. The Morgan fingerprint density at radius 1 is 1.53 bits per heavy atom. The van der Waals surface area contributed by atoms with Crippen molar-refractivity contribution in [2.75, 3.05) is 6.61 Å². The van der Waals surface area contributed by atoms with Gasteiger partial charge in [-0.2, -0.15) is 0 Å². The Kier molecular flexibility index (Phi) is 2.55. The summed E-state index contributed by atoms with van der Waals surface area (Å²) in [5.74, 6) is -0.0206. The van der Waals surface area contributed by atoms with Gasteiger partial charge in [0.1, 0.15) is 13.2 Å². The van der Waals surface area contributed by atoms with Crippen molar-refractivity contribution in [2.24, 2.45) is 0 Å². The molecule has 0 radical (unpaired) electrons. The molecule has 0 spiro atoms. The number of hydrogen-bond donors (Lipinski definition) is 1. The molecule has 0 atom stereocenters. The molecule has 0 saturated carbocycles. The maximum absolute atomic E-state index is 10.2. The fraction of sp³-hybridized carbons (Fsp3) is 0.250. The summed E-state index contributed by atoms with van der Waals surface area (Å²) >= 11 is 0. The van der Waals surface area contributed by atoms with Gasteiger partial charge in [0.05, 0.1) is 0 Å². The van der Waals surface area contributed by atoms with Gasteiger partial charge >= 0.3 is 5.97 Å². The first kappa shape index (κ1) is 9.53. The van der Waals surface area contributed by atoms with Gasteiger partial charge in [0.15, 0.2) is 5.82 Å². The van der Waals surface area contributed by atoms with Crippen LogP contribution in [0, 0.1) is 0 Å². The number of ether oxygens (including phenoxy) is 1. The van der Waals surface area contributed by atoms with E-state index in [1.165, 1.54) is 0 Å². The highest BCUT2D eigenvalue weighted by Gasteiger charge is 2.06. The van der Waals surface area contributed by atoms with Gasteiger partial charge in [0, 0.05) is 12.4 Å². The summed E-state index contributed by atoms with van der Waals surface area (Å²) in [6.45, 7) is -0.256. The first-order valence-corrected chi connectivity index (χ1v) is 4.21. The molecular weight excluding hydrogens is 200 g/mol. The van der Waals surface area contributed by atoms with Gasteiger partial charge in [0.25, 0.3) is 5.78 Å². The second kappa shape index (κ2) is 4.01. The Hall–Kier alpha value is -2.02. The normalized spacial score (nSPS) is 10.7. The summed E-state index contributed by atoms with van der Waals surface area (Å²) in [5, 5.41) is 16.0. The molecule has 78 valence electrons. The Bertz CT molecular complexity index is 481. The zero-order chi connectivity index (χ0) is 10.7. The van der Waals surface area contributed by atoms with Crippen molar-refractivity contribution in [3.05, 3.63) is 24.3 Å². The standard InChI is InChI=1S/C8H8N4O3/c13-7(14)5-15-4-6-10-11-8-9-2-1-3-12(6)8/h1-3H,4-5H2,(H,13,14).